The third-order valence-corrected chi connectivity index (χ3v) is 2.27. The second-order valence-electron chi connectivity index (χ2n) is 3.37. The van der Waals surface area contributed by atoms with Gasteiger partial charge < -0.3 is 16.0 Å². The van der Waals surface area contributed by atoms with E-state index in [0.717, 1.165) is 0 Å². The van der Waals surface area contributed by atoms with E-state index in [1.54, 1.807) is 14.1 Å². The van der Waals surface area contributed by atoms with Crippen LogP contribution in [-0.2, 0) is 9.59 Å². The van der Waals surface area contributed by atoms with Gasteiger partial charge in [-0.3, -0.25) is 9.59 Å². The molecule has 0 saturated heterocycles. The van der Waals surface area contributed by atoms with Crippen molar-refractivity contribution in [2.45, 2.75) is 13.3 Å². The molecule has 0 aromatic heterocycles. The molecule has 1 atom stereocenters. The Morgan fingerprint density at radius 1 is 1.47 bits per heavy atom. The molecule has 0 aromatic rings. The Labute approximate surface area is 95.0 Å². The molecule has 86 valence electrons. The van der Waals surface area contributed by atoms with E-state index in [4.69, 9.17) is 18.0 Å². The van der Waals surface area contributed by atoms with Crippen molar-refractivity contribution >= 4 is 29.0 Å². The number of hydrogen-bond acceptors (Lipinski definition) is 3. The summed E-state index contributed by atoms with van der Waals surface area (Å²) < 4.78 is 0. The van der Waals surface area contributed by atoms with Gasteiger partial charge in [0.2, 0.25) is 11.8 Å². The molecule has 0 fully saturated rings. The summed E-state index contributed by atoms with van der Waals surface area (Å²) in [7, 11) is 3.25. The van der Waals surface area contributed by atoms with Gasteiger partial charge in [-0.15, -0.1) is 0 Å². The topological polar surface area (TPSA) is 75.4 Å². The summed E-state index contributed by atoms with van der Waals surface area (Å²) in [6, 6.07) is 0. The number of nitrogens with zero attached hydrogens (tertiary/aromatic N) is 1. The number of nitrogens with two attached hydrogens (primary N) is 1. The van der Waals surface area contributed by atoms with Gasteiger partial charge in [-0.05, 0) is 6.42 Å². The molecule has 2 amide bonds. The van der Waals surface area contributed by atoms with E-state index in [1.165, 1.54) is 4.90 Å². The van der Waals surface area contributed by atoms with E-state index >= 15 is 0 Å². The van der Waals surface area contributed by atoms with Gasteiger partial charge in [0.15, 0.2) is 0 Å². The Bertz CT molecular complexity index is 266. The van der Waals surface area contributed by atoms with Crippen LogP contribution in [0.1, 0.15) is 13.3 Å². The number of thiocarbonyl (C=S) groups is 1. The van der Waals surface area contributed by atoms with Crippen LogP contribution in [0, 0.1) is 5.92 Å². The zero-order chi connectivity index (χ0) is 12.0. The molecule has 3 N–H and O–H groups in total. The van der Waals surface area contributed by atoms with Crippen molar-refractivity contribution in [2.24, 2.45) is 11.7 Å². The first kappa shape index (κ1) is 13.8. The maximum absolute atomic E-state index is 11.5. The van der Waals surface area contributed by atoms with Crippen molar-refractivity contribution < 1.29 is 9.59 Å². The van der Waals surface area contributed by atoms with E-state index in [2.05, 4.69) is 5.32 Å². The zero-order valence-corrected chi connectivity index (χ0v) is 10.1. The van der Waals surface area contributed by atoms with Gasteiger partial charge in [0.05, 0.1) is 17.5 Å². The van der Waals surface area contributed by atoms with Crippen molar-refractivity contribution in [3.63, 3.8) is 0 Å². The number of likely N-dealkylation sites (N-methyl/N-ethyl adjacent to an activating group) is 1. The highest BCUT2D eigenvalue weighted by molar-refractivity contribution is 7.80. The Morgan fingerprint density at radius 2 is 2.00 bits per heavy atom. The first-order valence-corrected chi connectivity index (χ1v) is 5.08. The summed E-state index contributed by atoms with van der Waals surface area (Å²) in [6.07, 6.45) is 0.539. The number of carbonyl (C=O) groups excluding carboxylic acids is 2. The molecule has 0 bridgehead atoms. The average molecular weight is 231 g/mol. The van der Waals surface area contributed by atoms with E-state index < -0.39 is 5.92 Å². The van der Waals surface area contributed by atoms with Crippen LogP contribution in [0.3, 0.4) is 0 Å². The molecule has 0 aliphatic carbocycles. The molecule has 0 aliphatic rings. The smallest absolute Gasteiger partial charge is 0.241 e. The maximum atomic E-state index is 11.5. The quantitative estimate of drug-likeness (QED) is 0.626. The van der Waals surface area contributed by atoms with Crippen LogP contribution in [0.25, 0.3) is 0 Å². The van der Waals surface area contributed by atoms with E-state index in [0.29, 0.717) is 6.42 Å². The van der Waals surface area contributed by atoms with Gasteiger partial charge >= 0.3 is 0 Å². The number of rotatable bonds is 5. The van der Waals surface area contributed by atoms with Crippen molar-refractivity contribution in [2.75, 3.05) is 20.6 Å². The largest absolute Gasteiger partial charge is 0.393 e. The standard InChI is InChI=1S/C9H17N3O2S/c1-4-6(8(10)15)9(14)11-5-7(13)12(2)3/h6H,4-5H2,1-3H3,(H2,10,15)(H,11,14). The van der Waals surface area contributed by atoms with Gasteiger partial charge in [0.25, 0.3) is 0 Å². The van der Waals surface area contributed by atoms with Crippen LogP contribution >= 0.6 is 12.2 Å². The minimum Gasteiger partial charge on any atom is -0.393 e. The summed E-state index contributed by atoms with van der Waals surface area (Å²) in [5.74, 6) is -0.948. The van der Waals surface area contributed by atoms with E-state index in [-0.39, 0.29) is 23.3 Å². The van der Waals surface area contributed by atoms with Crippen LogP contribution < -0.4 is 11.1 Å². The lowest BCUT2D eigenvalue weighted by atomic mass is 10.1. The first-order chi connectivity index (χ1) is 6.90. The molecule has 5 nitrogen and oxygen atoms in total. The fourth-order valence-corrected chi connectivity index (χ4v) is 1.23. The molecule has 6 heteroatoms. The molecule has 0 radical (unpaired) electrons. The van der Waals surface area contributed by atoms with Gasteiger partial charge in [-0.1, -0.05) is 19.1 Å². The summed E-state index contributed by atoms with van der Waals surface area (Å²) in [4.78, 5) is 24.2. The summed E-state index contributed by atoms with van der Waals surface area (Å²) in [6.45, 7) is 1.79. The van der Waals surface area contributed by atoms with Crippen LogP contribution in [0.2, 0.25) is 0 Å². The lowest BCUT2D eigenvalue weighted by Crippen LogP contribution is -2.42. The van der Waals surface area contributed by atoms with Crippen molar-refractivity contribution in [1.82, 2.24) is 10.2 Å². The minimum absolute atomic E-state index is 0.0229. The minimum atomic E-state index is -0.491. The molecule has 0 spiro atoms. The molecule has 0 heterocycles. The molecule has 0 aliphatic heterocycles. The van der Waals surface area contributed by atoms with Crippen LogP contribution in [0.15, 0.2) is 0 Å². The number of carbonyl (C=O) groups is 2. The van der Waals surface area contributed by atoms with Crippen molar-refractivity contribution in [3.05, 3.63) is 0 Å². The highest BCUT2D eigenvalue weighted by Gasteiger charge is 2.19. The van der Waals surface area contributed by atoms with Crippen molar-refractivity contribution in [1.29, 1.82) is 0 Å². The van der Waals surface area contributed by atoms with Gasteiger partial charge in [-0.2, -0.15) is 0 Å². The molecular weight excluding hydrogens is 214 g/mol. The molecular formula is C9H17N3O2S. The van der Waals surface area contributed by atoms with Crippen LogP contribution in [-0.4, -0.2) is 42.3 Å². The Morgan fingerprint density at radius 3 is 2.33 bits per heavy atom. The Hall–Kier alpha value is -1.17. The van der Waals surface area contributed by atoms with Crippen LogP contribution in [0.4, 0.5) is 0 Å². The normalized spacial score (nSPS) is 11.7. The molecule has 0 aromatic carbocycles. The summed E-state index contributed by atoms with van der Waals surface area (Å²) >= 11 is 4.75. The Kier molecular flexibility index (Phi) is 5.84. The lowest BCUT2D eigenvalue weighted by Gasteiger charge is -2.15. The number of amides is 2. The highest BCUT2D eigenvalue weighted by atomic mass is 32.1. The van der Waals surface area contributed by atoms with E-state index in [9.17, 15) is 9.59 Å². The zero-order valence-electron chi connectivity index (χ0n) is 9.24. The third kappa shape index (κ3) is 4.73. The summed E-state index contributed by atoms with van der Waals surface area (Å²) in [5, 5.41) is 2.50. The second-order valence-corrected chi connectivity index (χ2v) is 3.84. The molecule has 0 saturated carbocycles. The summed E-state index contributed by atoms with van der Waals surface area (Å²) in [5.41, 5.74) is 5.39. The molecule has 15 heavy (non-hydrogen) atoms. The van der Waals surface area contributed by atoms with Crippen molar-refractivity contribution in [3.8, 4) is 0 Å². The van der Waals surface area contributed by atoms with Gasteiger partial charge in [0, 0.05) is 14.1 Å². The van der Waals surface area contributed by atoms with E-state index in [1.807, 2.05) is 6.92 Å². The average Bonchev–Trinajstić information content (AvgIpc) is 2.14. The molecule has 0 rings (SSSR count). The monoisotopic (exact) mass is 231 g/mol. The fraction of sp³-hybridized carbons (Fsp3) is 0.667. The fourth-order valence-electron chi connectivity index (χ4n) is 0.960. The highest BCUT2D eigenvalue weighted by Crippen LogP contribution is 2.02. The van der Waals surface area contributed by atoms with Crippen LogP contribution in [0.5, 0.6) is 0 Å². The third-order valence-electron chi connectivity index (χ3n) is 1.98. The molecule has 1 unspecified atom stereocenters. The number of hydrogen-bond donors (Lipinski definition) is 2. The number of nitrogens with one attached hydrogen (secondary N) is 1. The lowest BCUT2D eigenvalue weighted by molar-refractivity contribution is -0.131. The Balaban J connectivity index is 4.13. The SMILES string of the molecule is CCC(C(=O)NCC(=O)N(C)C)C(N)=S. The maximum Gasteiger partial charge on any atom is 0.241 e. The van der Waals surface area contributed by atoms with Gasteiger partial charge in [0.1, 0.15) is 0 Å². The predicted molar refractivity (Wildman–Crippen MR) is 62.3 cm³/mol. The predicted octanol–water partition coefficient (Wildman–Crippen LogP) is -0.497. The first-order valence-electron chi connectivity index (χ1n) is 4.67. The second kappa shape index (κ2) is 6.34. The van der Waals surface area contributed by atoms with Gasteiger partial charge in [-0.25, -0.2) is 0 Å².